The van der Waals surface area contributed by atoms with Crippen LogP contribution < -0.4 is 0 Å². The van der Waals surface area contributed by atoms with Gasteiger partial charge in [0, 0.05) is 22.3 Å². The van der Waals surface area contributed by atoms with Crippen LogP contribution in [-0.4, -0.2) is 19.4 Å². The zero-order valence-corrected chi connectivity index (χ0v) is 12.8. The zero-order chi connectivity index (χ0) is 15.9. The second kappa shape index (κ2) is 7.74. The molecule has 0 atom stereocenters. The summed E-state index contributed by atoms with van der Waals surface area (Å²) < 4.78 is 0. The number of benzene rings is 2. The van der Waals surface area contributed by atoms with E-state index in [1.807, 2.05) is 0 Å². The fourth-order valence-corrected chi connectivity index (χ4v) is 2.44. The first-order valence-corrected chi connectivity index (χ1v) is 7.68. The smallest absolute Gasteiger partial charge is 0.194 e. The van der Waals surface area contributed by atoms with Crippen LogP contribution in [0.25, 0.3) is 0 Å². The van der Waals surface area contributed by atoms with E-state index < -0.39 is 0 Å². The molecule has 0 N–H and O–H groups in total. The second-order valence-corrected chi connectivity index (χ2v) is 5.25. The van der Waals surface area contributed by atoms with Gasteiger partial charge in [0.1, 0.15) is 0 Å². The Kier molecular flexibility index (Phi) is 5.71. The molecule has 0 amide bonds. The first-order chi connectivity index (χ1) is 10.7. The predicted molar refractivity (Wildman–Crippen MR) is 89.8 cm³/mol. The number of carbonyl (C=O) groups is 2. The highest BCUT2D eigenvalue weighted by molar-refractivity contribution is 6.28. The van der Waals surface area contributed by atoms with Gasteiger partial charge in [-0.25, -0.2) is 0 Å². The van der Waals surface area contributed by atoms with Crippen LogP contribution in [-0.2, 0) is 0 Å². The fourth-order valence-electron chi connectivity index (χ4n) is 2.44. The van der Waals surface area contributed by atoms with Crippen LogP contribution >= 0.6 is 0 Å². The molecule has 0 aromatic heterocycles. The summed E-state index contributed by atoms with van der Waals surface area (Å²) in [4.78, 5) is 24.2. The molecule has 1 aliphatic rings. The molecule has 1 aliphatic carbocycles. The Morgan fingerprint density at radius 3 is 1.32 bits per heavy atom. The van der Waals surface area contributed by atoms with Crippen LogP contribution in [0.3, 0.4) is 0 Å². The summed E-state index contributed by atoms with van der Waals surface area (Å²) in [6.45, 7) is 2.18. The van der Waals surface area contributed by atoms with Crippen LogP contribution in [0.15, 0.2) is 48.5 Å². The summed E-state index contributed by atoms with van der Waals surface area (Å²) in [5, 5.41) is 0. The van der Waals surface area contributed by atoms with E-state index in [2.05, 4.69) is 6.92 Å². The summed E-state index contributed by atoms with van der Waals surface area (Å²) in [7, 11) is 5.21. The Labute approximate surface area is 133 Å². The molecule has 0 bridgehead atoms. The normalized spacial score (nSPS) is 12.0. The third-order valence-electron chi connectivity index (χ3n) is 3.64. The van der Waals surface area contributed by atoms with Crippen molar-refractivity contribution in [3.8, 4) is 0 Å². The molecule has 0 fully saturated rings. The summed E-state index contributed by atoms with van der Waals surface area (Å²) in [6.07, 6.45) is 4.61. The number of hydrogen-bond donors (Lipinski definition) is 0. The molecule has 3 heteroatoms. The van der Waals surface area contributed by atoms with Crippen molar-refractivity contribution in [1.29, 1.82) is 0 Å². The standard InChI is InChI=1S/C14H8O2.C5H11B/c15-13-9-5-1-2-6-10(9)14(16)12-8-4-3-7-11(12)13;1-2-3-4-5-6/h1-8H;2-5H2,1H3. The van der Waals surface area contributed by atoms with Gasteiger partial charge in [-0.05, 0) is 0 Å². The minimum absolute atomic E-state index is 0.0641. The van der Waals surface area contributed by atoms with Gasteiger partial charge in [0.15, 0.2) is 11.6 Å². The minimum Gasteiger partial charge on any atom is -0.289 e. The van der Waals surface area contributed by atoms with E-state index in [1.54, 1.807) is 48.5 Å². The molecule has 0 saturated heterocycles. The second-order valence-electron chi connectivity index (χ2n) is 5.25. The van der Waals surface area contributed by atoms with E-state index in [-0.39, 0.29) is 11.6 Å². The van der Waals surface area contributed by atoms with E-state index in [4.69, 9.17) is 7.85 Å². The summed E-state index contributed by atoms with van der Waals surface area (Å²) in [5.41, 5.74) is 2.02. The number of fused-ring (bicyclic) bond motifs is 2. The van der Waals surface area contributed by atoms with Gasteiger partial charge in [-0.3, -0.25) is 9.59 Å². The Morgan fingerprint density at radius 1 is 0.727 bits per heavy atom. The highest BCUT2D eigenvalue weighted by Gasteiger charge is 2.28. The average molecular weight is 290 g/mol. The highest BCUT2D eigenvalue weighted by atomic mass is 16.1. The first-order valence-electron chi connectivity index (χ1n) is 7.68. The average Bonchev–Trinajstić information content (AvgIpc) is 2.58. The summed E-state index contributed by atoms with van der Waals surface area (Å²) >= 11 is 0. The predicted octanol–water partition coefficient (Wildman–Crippen LogP) is 4.23. The van der Waals surface area contributed by atoms with Crippen LogP contribution in [0.1, 0.15) is 58.0 Å². The summed E-state index contributed by atoms with van der Waals surface area (Å²) in [6, 6.07) is 13.9. The molecule has 3 rings (SSSR count). The van der Waals surface area contributed by atoms with Gasteiger partial charge >= 0.3 is 0 Å². The summed E-state index contributed by atoms with van der Waals surface area (Å²) in [5.74, 6) is -0.128. The van der Waals surface area contributed by atoms with Gasteiger partial charge in [0.25, 0.3) is 0 Å². The Balaban J connectivity index is 0.000000254. The van der Waals surface area contributed by atoms with Crippen molar-refractivity contribution in [3.05, 3.63) is 70.8 Å². The molecule has 0 heterocycles. The fraction of sp³-hybridized carbons (Fsp3) is 0.263. The largest absolute Gasteiger partial charge is 0.289 e. The molecule has 0 spiro atoms. The quantitative estimate of drug-likeness (QED) is 0.534. The lowest BCUT2D eigenvalue weighted by atomic mass is 9.84. The number of rotatable bonds is 3. The van der Waals surface area contributed by atoms with Gasteiger partial charge in [0.05, 0.1) is 7.85 Å². The van der Waals surface area contributed by atoms with Crippen LogP contribution in [0.4, 0.5) is 0 Å². The first kappa shape index (κ1) is 16.2. The van der Waals surface area contributed by atoms with Gasteiger partial charge < -0.3 is 0 Å². The van der Waals surface area contributed by atoms with Crippen LogP contribution in [0.5, 0.6) is 0 Å². The maximum Gasteiger partial charge on any atom is 0.194 e. The van der Waals surface area contributed by atoms with E-state index in [0.717, 1.165) is 6.32 Å². The zero-order valence-electron chi connectivity index (χ0n) is 12.8. The van der Waals surface area contributed by atoms with Crippen molar-refractivity contribution in [2.45, 2.75) is 32.5 Å². The molecule has 2 aromatic rings. The SMILES string of the molecule is O=C1c2ccccc2C(=O)c2ccccc21.[B]CCCCC. The number of carbonyl (C=O) groups excluding carboxylic acids is 2. The molecule has 0 aliphatic heterocycles. The lowest BCUT2D eigenvalue weighted by Crippen LogP contribution is -2.20. The van der Waals surface area contributed by atoms with Gasteiger partial charge in [0.2, 0.25) is 0 Å². The molecular weight excluding hydrogens is 271 g/mol. The molecule has 110 valence electrons. The Bertz CT molecular complexity index is 567. The molecule has 2 nitrogen and oxygen atoms in total. The monoisotopic (exact) mass is 290 g/mol. The Morgan fingerprint density at radius 2 is 1.09 bits per heavy atom. The van der Waals surface area contributed by atoms with Crippen molar-refractivity contribution in [2.75, 3.05) is 0 Å². The molecule has 2 radical (unpaired) electrons. The lowest BCUT2D eigenvalue weighted by Gasteiger charge is -2.16. The molecule has 2 aromatic carbocycles. The van der Waals surface area contributed by atoms with Crippen molar-refractivity contribution in [2.24, 2.45) is 0 Å². The van der Waals surface area contributed by atoms with E-state index in [0.29, 0.717) is 22.3 Å². The third-order valence-corrected chi connectivity index (χ3v) is 3.64. The van der Waals surface area contributed by atoms with E-state index >= 15 is 0 Å². The maximum absolute atomic E-state index is 12.1. The third kappa shape index (κ3) is 3.36. The topological polar surface area (TPSA) is 34.1 Å². The molecule has 22 heavy (non-hydrogen) atoms. The molecule has 0 saturated carbocycles. The van der Waals surface area contributed by atoms with Crippen molar-refractivity contribution < 1.29 is 9.59 Å². The lowest BCUT2D eigenvalue weighted by molar-refractivity contribution is 0.0979. The van der Waals surface area contributed by atoms with E-state index in [9.17, 15) is 9.59 Å². The minimum atomic E-state index is -0.0641. The van der Waals surface area contributed by atoms with Crippen LogP contribution in [0.2, 0.25) is 6.32 Å². The van der Waals surface area contributed by atoms with Crippen molar-refractivity contribution >= 4 is 19.4 Å². The molecule has 0 unspecified atom stereocenters. The number of ketones is 2. The van der Waals surface area contributed by atoms with Crippen LogP contribution in [0, 0.1) is 0 Å². The number of hydrogen-bond acceptors (Lipinski definition) is 2. The number of unbranched alkanes of at least 4 members (excludes halogenated alkanes) is 2. The van der Waals surface area contributed by atoms with E-state index in [1.165, 1.54) is 19.3 Å². The van der Waals surface area contributed by atoms with Gasteiger partial charge in [-0.2, -0.15) is 0 Å². The Hall–Kier alpha value is -2.16. The highest BCUT2D eigenvalue weighted by Crippen LogP contribution is 2.26. The van der Waals surface area contributed by atoms with Gasteiger partial charge in [-0.1, -0.05) is 81.0 Å². The van der Waals surface area contributed by atoms with Crippen molar-refractivity contribution in [3.63, 3.8) is 0 Å². The van der Waals surface area contributed by atoms with Crippen molar-refractivity contribution in [1.82, 2.24) is 0 Å². The van der Waals surface area contributed by atoms with Gasteiger partial charge in [-0.15, -0.1) is 0 Å². The molecular formula is C19H19BO2. The maximum atomic E-state index is 12.1.